The predicted molar refractivity (Wildman–Crippen MR) is 105 cm³/mol. The van der Waals surface area contributed by atoms with E-state index in [2.05, 4.69) is 32.2 Å². The van der Waals surface area contributed by atoms with Crippen molar-refractivity contribution in [3.8, 4) is 11.5 Å². The molecule has 132 valence electrons. The standard InChI is InChI=1S/C19H16BrN3O2S/c1-12(18(24)23-10-9-13-5-2-3-8-16(13)23)26-19-22-21-17(25-19)14-6-4-7-15(20)11-14/h2-8,11-12H,9-10H2,1H3. The first-order valence-corrected chi connectivity index (χ1v) is 9.94. The lowest BCUT2D eigenvalue weighted by Crippen LogP contribution is -2.35. The summed E-state index contributed by atoms with van der Waals surface area (Å²) < 4.78 is 6.67. The molecule has 1 aliphatic rings. The van der Waals surface area contributed by atoms with E-state index in [4.69, 9.17) is 4.42 Å². The first-order valence-electron chi connectivity index (χ1n) is 8.27. The van der Waals surface area contributed by atoms with Gasteiger partial charge in [0.15, 0.2) is 0 Å². The minimum Gasteiger partial charge on any atom is -0.411 e. The Kier molecular flexibility index (Phi) is 4.82. The van der Waals surface area contributed by atoms with E-state index in [0.717, 1.165) is 28.7 Å². The van der Waals surface area contributed by atoms with Gasteiger partial charge < -0.3 is 9.32 Å². The summed E-state index contributed by atoms with van der Waals surface area (Å²) in [6, 6.07) is 15.7. The van der Waals surface area contributed by atoms with Crippen LogP contribution < -0.4 is 4.90 Å². The second kappa shape index (κ2) is 7.25. The third-order valence-electron chi connectivity index (χ3n) is 4.26. The van der Waals surface area contributed by atoms with Gasteiger partial charge in [-0.25, -0.2) is 0 Å². The summed E-state index contributed by atoms with van der Waals surface area (Å²) in [5.74, 6) is 0.502. The number of anilines is 1. The molecule has 0 spiro atoms. The largest absolute Gasteiger partial charge is 0.411 e. The molecule has 0 bridgehead atoms. The van der Waals surface area contributed by atoms with Gasteiger partial charge in [-0.3, -0.25) is 4.79 Å². The van der Waals surface area contributed by atoms with Crippen LogP contribution in [0.4, 0.5) is 5.69 Å². The van der Waals surface area contributed by atoms with Gasteiger partial charge in [0.1, 0.15) is 0 Å². The zero-order valence-corrected chi connectivity index (χ0v) is 16.5. The third-order valence-corrected chi connectivity index (χ3v) is 5.67. The average molecular weight is 430 g/mol. The number of halogens is 1. The third kappa shape index (κ3) is 3.41. The van der Waals surface area contributed by atoms with E-state index in [1.807, 2.05) is 54.3 Å². The molecule has 0 saturated heterocycles. The Morgan fingerprint density at radius 2 is 2.08 bits per heavy atom. The van der Waals surface area contributed by atoms with Crippen molar-refractivity contribution in [1.29, 1.82) is 0 Å². The molecular weight excluding hydrogens is 414 g/mol. The van der Waals surface area contributed by atoms with Crippen LogP contribution in [0, 0.1) is 0 Å². The number of rotatable bonds is 4. The summed E-state index contributed by atoms with van der Waals surface area (Å²) in [6.45, 7) is 2.59. The number of hydrogen-bond donors (Lipinski definition) is 0. The van der Waals surface area contributed by atoms with E-state index >= 15 is 0 Å². The second-order valence-corrected chi connectivity index (χ2v) is 8.22. The smallest absolute Gasteiger partial charge is 0.277 e. The number of carbonyl (C=O) groups excluding carboxylic acids is 1. The number of carbonyl (C=O) groups is 1. The van der Waals surface area contributed by atoms with Crippen molar-refractivity contribution in [1.82, 2.24) is 10.2 Å². The van der Waals surface area contributed by atoms with Gasteiger partial charge in [0.25, 0.3) is 5.22 Å². The van der Waals surface area contributed by atoms with Crippen LogP contribution in [-0.2, 0) is 11.2 Å². The number of benzene rings is 2. The molecule has 0 radical (unpaired) electrons. The predicted octanol–water partition coefficient (Wildman–Crippen LogP) is 4.57. The average Bonchev–Trinajstić information content (AvgIpc) is 3.28. The van der Waals surface area contributed by atoms with E-state index in [1.54, 1.807) is 0 Å². The molecule has 26 heavy (non-hydrogen) atoms. The van der Waals surface area contributed by atoms with Gasteiger partial charge in [0.2, 0.25) is 11.8 Å². The lowest BCUT2D eigenvalue weighted by atomic mass is 10.2. The van der Waals surface area contributed by atoms with Crippen LogP contribution in [-0.4, -0.2) is 27.9 Å². The minimum absolute atomic E-state index is 0.0576. The van der Waals surface area contributed by atoms with Gasteiger partial charge in [0, 0.05) is 22.3 Å². The highest BCUT2D eigenvalue weighted by Crippen LogP contribution is 2.32. The Labute approximate surface area is 163 Å². The summed E-state index contributed by atoms with van der Waals surface area (Å²) in [6.07, 6.45) is 0.896. The second-order valence-electron chi connectivity index (χ2n) is 6.01. The quantitative estimate of drug-likeness (QED) is 0.568. The van der Waals surface area contributed by atoms with Crippen LogP contribution in [0.3, 0.4) is 0 Å². The number of hydrogen-bond acceptors (Lipinski definition) is 5. The zero-order valence-electron chi connectivity index (χ0n) is 14.1. The topological polar surface area (TPSA) is 59.2 Å². The fourth-order valence-electron chi connectivity index (χ4n) is 2.98. The molecule has 2 aromatic carbocycles. The number of amides is 1. The molecule has 0 aliphatic carbocycles. The van der Waals surface area contributed by atoms with Gasteiger partial charge in [0.05, 0.1) is 5.25 Å². The summed E-state index contributed by atoms with van der Waals surface area (Å²) in [5, 5.41) is 8.25. The molecule has 0 fully saturated rings. The number of fused-ring (bicyclic) bond motifs is 1. The minimum atomic E-state index is -0.308. The van der Waals surface area contributed by atoms with Crippen molar-refractivity contribution in [2.45, 2.75) is 23.8 Å². The van der Waals surface area contributed by atoms with Gasteiger partial charge in [-0.1, -0.05) is 52.0 Å². The summed E-state index contributed by atoms with van der Waals surface area (Å²) >= 11 is 4.72. The maximum Gasteiger partial charge on any atom is 0.277 e. The van der Waals surface area contributed by atoms with E-state index < -0.39 is 0 Å². The molecule has 0 saturated carbocycles. The number of nitrogens with zero attached hydrogens (tertiary/aromatic N) is 3. The van der Waals surface area contributed by atoms with E-state index in [-0.39, 0.29) is 11.2 Å². The maximum atomic E-state index is 12.8. The monoisotopic (exact) mass is 429 g/mol. The Morgan fingerprint density at radius 3 is 2.92 bits per heavy atom. The van der Waals surface area contributed by atoms with Gasteiger partial charge in [-0.2, -0.15) is 0 Å². The Hall–Kier alpha value is -2.12. The molecular formula is C19H16BrN3O2S. The van der Waals surface area contributed by atoms with Crippen molar-refractivity contribution >= 4 is 39.3 Å². The molecule has 4 rings (SSSR count). The highest BCUT2D eigenvalue weighted by atomic mass is 79.9. The fourth-order valence-corrected chi connectivity index (χ4v) is 4.13. The molecule has 7 heteroatoms. The molecule has 2 heterocycles. The molecule has 1 aliphatic heterocycles. The van der Waals surface area contributed by atoms with Crippen LogP contribution in [0.15, 0.2) is 62.6 Å². The Bertz CT molecular complexity index is 959. The lowest BCUT2D eigenvalue weighted by Gasteiger charge is -2.20. The fraction of sp³-hybridized carbons (Fsp3) is 0.211. The van der Waals surface area contributed by atoms with Crippen molar-refractivity contribution in [3.63, 3.8) is 0 Å². The number of para-hydroxylation sites is 1. The van der Waals surface area contributed by atoms with Crippen LogP contribution in [0.25, 0.3) is 11.5 Å². The van der Waals surface area contributed by atoms with Gasteiger partial charge >= 0.3 is 0 Å². The van der Waals surface area contributed by atoms with Crippen molar-refractivity contribution < 1.29 is 9.21 Å². The van der Waals surface area contributed by atoms with E-state index in [0.29, 0.717) is 11.1 Å². The van der Waals surface area contributed by atoms with Gasteiger partial charge in [-0.05, 0) is 43.2 Å². The SMILES string of the molecule is CC(Sc1nnc(-c2cccc(Br)c2)o1)C(=O)N1CCc2ccccc21. The molecule has 1 unspecified atom stereocenters. The molecule has 1 atom stereocenters. The van der Waals surface area contributed by atoms with Crippen LogP contribution in [0.2, 0.25) is 0 Å². The summed E-state index contributed by atoms with van der Waals surface area (Å²) in [7, 11) is 0. The molecule has 1 aromatic heterocycles. The molecule has 5 nitrogen and oxygen atoms in total. The van der Waals surface area contributed by atoms with Crippen LogP contribution in [0.1, 0.15) is 12.5 Å². The number of thioether (sulfide) groups is 1. The maximum absolute atomic E-state index is 12.8. The van der Waals surface area contributed by atoms with E-state index in [1.165, 1.54) is 17.3 Å². The Morgan fingerprint density at radius 1 is 1.23 bits per heavy atom. The lowest BCUT2D eigenvalue weighted by molar-refractivity contribution is -0.117. The van der Waals surface area contributed by atoms with E-state index in [9.17, 15) is 4.79 Å². The van der Waals surface area contributed by atoms with Crippen LogP contribution in [0.5, 0.6) is 0 Å². The van der Waals surface area contributed by atoms with Crippen molar-refractivity contribution in [3.05, 3.63) is 58.6 Å². The molecule has 3 aromatic rings. The van der Waals surface area contributed by atoms with Crippen molar-refractivity contribution in [2.75, 3.05) is 11.4 Å². The zero-order chi connectivity index (χ0) is 18.1. The van der Waals surface area contributed by atoms with Gasteiger partial charge in [-0.15, -0.1) is 10.2 Å². The normalized spacial score (nSPS) is 14.3. The first kappa shape index (κ1) is 17.3. The van der Waals surface area contributed by atoms with Crippen molar-refractivity contribution in [2.24, 2.45) is 0 Å². The highest BCUT2D eigenvalue weighted by molar-refractivity contribution is 9.10. The summed E-state index contributed by atoms with van der Waals surface area (Å²) in [4.78, 5) is 14.7. The van der Waals surface area contributed by atoms with Crippen LogP contribution >= 0.6 is 27.7 Å². The first-order chi connectivity index (χ1) is 12.6. The molecule has 1 amide bonds. The Balaban J connectivity index is 1.47. The number of aromatic nitrogens is 2. The molecule has 0 N–H and O–H groups in total. The highest BCUT2D eigenvalue weighted by Gasteiger charge is 2.29. The summed E-state index contributed by atoms with van der Waals surface area (Å²) in [5.41, 5.74) is 3.06.